The molecule has 0 spiro atoms. The summed E-state index contributed by atoms with van der Waals surface area (Å²) >= 11 is 11.2. The molecule has 0 unspecified atom stereocenters. The summed E-state index contributed by atoms with van der Waals surface area (Å²) in [4.78, 5) is 11.0. The molecule has 15 heavy (non-hydrogen) atoms. The number of hydrogen-bond acceptors (Lipinski definition) is 2. The molecule has 0 aliphatic carbocycles. The van der Waals surface area contributed by atoms with Crippen LogP contribution in [-0.2, 0) is 4.79 Å². The van der Waals surface area contributed by atoms with E-state index >= 15 is 0 Å². The van der Waals surface area contributed by atoms with Crippen molar-refractivity contribution < 1.29 is 4.79 Å². The number of hydrogen-bond donors (Lipinski definition) is 2. The molecule has 1 aromatic carbocycles. The van der Waals surface area contributed by atoms with Crippen LogP contribution in [0.4, 0.5) is 5.69 Å². The minimum atomic E-state index is -0.252. The van der Waals surface area contributed by atoms with Gasteiger partial charge in [0.2, 0.25) is 5.91 Å². The van der Waals surface area contributed by atoms with Crippen molar-refractivity contribution in [1.82, 2.24) is 10.2 Å². The van der Waals surface area contributed by atoms with Gasteiger partial charge in [0.05, 0.1) is 5.52 Å². The Morgan fingerprint density at radius 3 is 3.07 bits per heavy atom. The van der Waals surface area contributed by atoms with Gasteiger partial charge in [-0.1, -0.05) is 11.6 Å². The number of fused-ring (bicyclic) bond motifs is 1. The van der Waals surface area contributed by atoms with Crippen LogP contribution in [0.15, 0.2) is 18.2 Å². The molecule has 0 saturated heterocycles. The fraction of sp³-hybridized carbons (Fsp3) is 0.111. The lowest BCUT2D eigenvalue weighted by Crippen LogP contribution is -2.12. The van der Waals surface area contributed by atoms with Gasteiger partial charge in [0.1, 0.15) is 11.0 Å². The van der Waals surface area contributed by atoms with Gasteiger partial charge in [-0.3, -0.25) is 9.89 Å². The molecule has 1 aromatic heterocycles. The van der Waals surface area contributed by atoms with Crippen LogP contribution in [0.3, 0.4) is 0 Å². The van der Waals surface area contributed by atoms with Crippen LogP contribution in [0.1, 0.15) is 0 Å². The molecule has 2 rings (SSSR count). The molecule has 0 saturated carbocycles. The third kappa shape index (κ3) is 2.06. The van der Waals surface area contributed by atoms with Crippen LogP contribution in [0, 0.1) is 0 Å². The van der Waals surface area contributed by atoms with Gasteiger partial charge in [-0.05, 0) is 18.2 Å². The fourth-order valence-corrected chi connectivity index (χ4v) is 1.52. The number of alkyl halides is 1. The number of benzene rings is 1. The van der Waals surface area contributed by atoms with E-state index in [-0.39, 0.29) is 11.8 Å². The molecule has 0 aliphatic rings. The maximum Gasteiger partial charge on any atom is 0.239 e. The first kappa shape index (κ1) is 10.3. The van der Waals surface area contributed by atoms with Crippen molar-refractivity contribution in [3.05, 3.63) is 23.4 Å². The Kier molecular flexibility index (Phi) is 2.79. The van der Waals surface area contributed by atoms with Crippen molar-refractivity contribution in [2.75, 3.05) is 11.2 Å². The topological polar surface area (TPSA) is 57.8 Å². The molecule has 1 heterocycles. The zero-order chi connectivity index (χ0) is 10.8. The van der Waals surface area contributed by atoms with E-state index in [1.807, 2.05) is 0 Å². The number of aromatic nitrogens is 2. The third-order valence-electron chi connectivity index (χ3n) is 1.91. The highest BCUT2D eigenvalue weighted by atomic mass is 35.5. The van der Waals surface area contributed by atoms with Crippen molar-refractivity contribution in [2.45, 2.75) is 0 Å². The van der Waals surface area contributed by atoms with Gasteiger partial charge in [-0.25, -0.2) is 0 Å². The molecule has 4 nitrogen and oxygen atoms in total. The molecular formula is C9H7Cl2N3O. The summed E-state index contributed by atoms with van der Waals surface area (Å²) in [5.74, 6) is -0.322. The predicted octanol–water partition coefficient (Wildman–Crippen LogP) is 2.39. The van der Waals surface area contributed by atoms with Gasteiger partial charge in [0, 0.05) is 11.1 Å². The summed E-state index contributed by atoms with van der Waals surface area (Å²) in [7, 11) is 0. The van der Waals surface area contributed by atoms with Crippen molar-refractivity contribution in [1.29, 1.82) is 0 Å². The summed E-state index contributed by atoms with van der Waals surface area (Å²) < 4.78 is 0. The Morgan fingerprint density at radius 2 is 2.33 bits per heavy atom. The molecule has 1 amide bonds. The number of carbonyl (C=O) groups is 1. The van der Waals surface area contributed by atoms with Crippen LogP contribution in [0.5, 0.6) is 0 Å². The summed E-state index contributed by atoms with van der Waals surface area (Å²) in [5.41, 5.74) is 1.35. The summed E-state index contributed by atoms with van der Waals surface area (Å²) in [6.45, 7) is 0. The fourth-order valence-electron chi connectivity index (χ4n) is 1.25. The van der Waals surface area contributed by atoms with Gasteiger partial charge >= 0.3 is 0 Å². The Morgan fingerprint density at radius 1 is 1.53 bits per heavy atom. The van der Waals surface area contributed by atoms with E-state index in [0.29, 0.717) is 16.4 Å². The number of amides is 1. The molecule has 0 aliphatic heterocycles. The average Bonchev–Trinajstić information content (AvgIpc) is 2.60. The average molecular weight is 244 g/mol. The number of aromatic amines is 1. The number of carbonyl (C=O) groups excluding carboxylic acids is 1. The lowest BCUT2D eigenvalue weighted by atomic mass is 10.2. The monoisotopic (exact) mass is 243 g/mol. The highest BCUT2D eigenvalue weighted by Crippen LogP contribution is 2.23. The second kappa shape index (κ2) is 4.08. The van der Waals surface area contributed by atoms with E-state index in [2.05, 4.69) is 15.5 Å². The standard InChI is InChI=1S/C9H7Cl2N3O/c10-4-8(15)12-5-1-2-6-7(3-5)13-14-9(6)11/h1-3H,4H2,(H,12,15)(H,13,14). The minimum absolute atomic E-state index is 0.0701. The number of anilines is 1. The van der Waals surface area contributed by atoms with E-state index in [1.54, 1.807) is 18.2 Å². The Bertz CT molecular complexity index is 509. The Balaban J connectivity index is 2.35. The molecule has 6 heteroatoms. The number of halogens is 2. The molecule has 2 N–H and O–H groups in total. The van der Waals surface area contributed by atoms with Gasteiger partial charge in [0.25, 0.3) is 0 Å². The highest BCUT2D eigenvalue weighted by molar-refractivity contribution is 6.34. The van der Waals surface area contributed by atoms with E-state index < -0.39 is 0 Å². The van der Waals surface area contributed by atoms with Gasteiger partial charge < -0.3 is 5.32 Å². The van der Waals surface area contributed by atoms with Crippen LogP contribution in [0.25, 0.3) is 10.9 Å². The normalized spacial score (nSPS) is 10.5. The van der Waals surface area contributed by atoms with Crippen LogP contribution < -0.4 is 5.32 Å². The van der Waals surface area contributed by atoms with Crippen molar-refractivity contribution >= 4 is 45.7 Å². The predicted molar refractivity (Wildman–Crippen MR) is 60.5 cm³/mol. The first-order chi connectivity index (χ1) is 7.20. The lowest BCUT2D eigenvalue weighted by Gasteiger charge is -2.01. The first-order valence-electron chi connectivity index (χ1n) is 4.20. The second-order valence-corrected chi connectivity index (χ2v) is 3.60. The van der Waals surface area contributed by atoms with Gasteiger partial charge in [-0.2, -0.15) is 5.10 Å². The highest BCUT2D eigenvalue weighted by Gasteiger charge is 2.05. The van der Waals surface area contributed by atoms with E-state index in [0.717, 1.165) is 5.39 Å². The van der Waals surface area contributed by atoms with Crippen molar-refractivity contribution in [3.8, 4) is 0 Å². The maximum absolute atomic E-state index is 11.0. The smallest absolute Gasteiger partial charge is 0.239 e. The molecule has 0 radical (unpaired) electrons. The molecular weight excluding hydrogens is 237 g/mol. The Labute approximate surface area is 95.6 Å². The van der Waals surface area contributed by atoms with Crippen LogP contribution in [0.2, 0.25) is 5.15 Å². The zero-order valence-corrected chi connectivity index (χ0v) is 9.06. The summed E-state index contributed by atoms with van der Waals surface area (Å²) in [6.07, 6.45) is 0. The zero-order valence-electron chi connectivity index (χ0n) is 7.55. The van der Waals surface area contributed by atoms with Crippen LogP contribution in [-0.4, -0.2) is 22.0 Å². The quantitative estimate of drug-likeness (QED) is 0.797. The first-order valence-corrected chi connectivity index (χ1v) is 5.11. The largest absolute Gasteiger partial charge is 0.325 e. The third-order valence-corrected chi connectivity index (χ3v) is 2.44. The summed E-state index contributed by atoms with van der Waals surface area (Å²) in [6, 6.07) is 5.25. The number of rotatable bonds is 2. The molecule has 0 atom stereocenters. The van der Waals surface area contributed by atoms with Gasteiger partial charge in [0.15, 0.2) is 0 Å². The lowest BCUT2D eigenvalue weighted by molar-refractivity contribution is -0.113. The van der Waals surface area contributed by atoms with Crippen molar-refractivity contribution in [2.24, 2.45) is 0 Å². The van der Waals surface area contributed by atoms with Crippen LogP contribution >= 0.6 is 23.2 Å². The SMILES string of the molecule is O=C(CCl)Nc1ccc2c(Cl)[nH]nc2c1. The molecule has 0 bridgehead atoms. The molecule has 0 fully saturated rings. The van der Waals surface area contributed by atoms with E-state index in [1.165, 1.54) is 0 Å². The Hall–Kier alpha value is -1.26. The number of nitrogens with zero attached hydrogens (tertiary/aromatic N) is 1. The van der Waals surface area contributed by atoms with Gasteiger partial charge in [-0.15, -0.1) is 11.6 Å². The summed E-state index contributed by atoms with van der Waals surface area (Å²) in [5, 5.41) is 10.5. The second-order valence-electron chi connectivity index (χ2n) is 2.95. The van der Waals surface area contributed by atoms with Crippen molar-refractivity contribution in [3.63, 3.8) is 0 Å². The molecule has 2 aromatic rings. The number of H-pyrrole nitrogens is 1. The maximum atomic E-state index is 11.0. The minimum Gasteiger partial charge on any atom is -0.325 e. The molecule has 78 valence electrons. The van der Waals surface area contributed by atoms with E-state index in [9.17, 15) is 4.79 Å². The van der Waals surface area contributed by atoms with E-state index in [4.69, 9.17) is 23.2 Å². The number of nitrogens with one attached hydrogen (secondary N) is 2.